The van der Waals surface area contributed by atoms with Crippen molar-refractivity contribution in [2.45, 2.75) is 70.4 Å². The molecule has 206 valence electrons. The average molecular weight is 542 g/mol. The van der Waals surface area contributed by atoms with Gasteiger partial charge in [0.25, 0.3) is 5.56 Å². The summed E-state index contributed by atoms with van der Waals surface area (Å²) in [5.41, 5.74) is -0.542. The molecule has 1 saturated carbocycles. The summed E-state index contributed by atoms with van der Waals surface area (Å²) in [7, 11) is 0. The first kappa shape index (κ1) is 27.0. The summed E-state index contributed by atoms with van der Waals surface area (Å²) in [5, 5.41) is 10.2. The van der Waals surface area contributed by atoms with E-state index in [1.807, 2.05) is 0 Å². The number of alkyl halides is 3. The van der Waals surface area contributed by atoms with Crippen molar-refractivity contribution in [2.24, 2.45) is 0 Å². The van der Waals surface area contributed by atoms with Gasteiger partial charge in [0.05, 0.1) is 17.8 Å². The fourth-order valence-electron chi connectivity index (χ4n) is 5.09. The number of aryl methyl sites for hydroxylation is 1. The third-order valence-corrected chi connectivity index (χ3v) is 6.90. The number of hydrogen-bond donors (Lipinski definition) is 1. The second kappa shape index (κ2) is 9.86. The Morgan fingerprint density at radius 2 is 1.79 bits per heavy atom. The molecule has 3 aromatic rings. The van der Waals surface area contributed by atoms with Crippen molar-refractivity contribution in [1.29, 1.82) is 0 Å². The van der Waals surface area contributed by atoms with Crippen molar-refractivity contribution in [3.05, 3.63) is 75.7 Å². The van der Waals surface area contributed by atoms with Gasteiger partial charge in [-0.2, -0.15) is 13.2 Å². The van der Waals surface area contributed by atoms with Crippen LogP contribution in [0.15, 0.2) is 53.5 Å². The minimum atomic E-state index is -4.85. The van der Waals surface area contributed by atoms with E-state index >= 15 is 0 Å². The zero-order chi connectivity index (χ0) is 28.1. The first-order valence-corrected chi connectivity index (χ1v) is 13.0. The molecule has 0 bridgehead atoms. The summed E-state index contributed by atoms with van der Waals surface area (Å²) >= 11 is 0. The van der Waals surface area contributed by atoms with Crippen LogP contribution in [0.4, 0.5) is 13.2 Å². The number of ether oxygens (including phenoxy) is 2. The van der Waals surface area contributed by atoms with Gasteiger partial charge in [0.1, 0.15) is 5.75 Å². The van der Waals surface area contributed by atoms with Crippen LogP contribution < -0.4 is 10.3 Å². The highest BCUT2D eigenvalue weighted by molar-refractivity contribution is 5.90. The molecule has 1 atom stereocenters. The van der Waals surface area contributed by atoms with Gasteiger partial charge in [0, 0.05) is 23.9 Å². The average Bonchev–Trinajstić information content (AvgIpc) is 3.71. The van der Waals surface area contributed by atoms with Crippen LogP contribution in [0.5, 0.6) is 5.75 Å². The van der Waals surface area contributed by atoms with E-state index in [2.05, 4.69) is 0 Å². The van der Waals surface area contributed by atoms with Gasteiger partial charge in [-0.1, -0.05) is 12.1 Å². The predicted molar refractivity (Wildman–Crippen MR) is 140 cm³/mol. The molecule has 1 aliphatic heterocycles. The highest BCUT2D eigenvalue weighted by Gasteiger charge is 2.41. The number of aliphatic carboxylic acids is 1. The van der Waals surface area contributed by atoms with Crippen LogP contribution in [0, 0.1) is 0 Å². The SMILES string of the molecule is CC(C)(C)OC(C(=O)O)c1c(C(F)(F)F)ccc(-c2ccc(=O)n(C3CC3)c2)c1-c1ccc2c(c1)CCCO2. The molecule has 2 aromatic carbocycles. The molecular weight excluding hydrogens is 511 g/mol. The lowest BCUT2D eigenvalue weighted by Gasteiger charge is -2.30. The lowest BCUT2D eigenvalue weighted by Crippen LogP contribution is -2.29. The second-order valence-corrected chi connectivity index (χ2v) is 11.1. The lowest BCUT2D eigenvalue weighted by molar-refractivity contribution is -0.163. The summed E-state index contributed by atoms with van der Waals surface area (Å²) in [4.78, 5) is 25.1. The van der Waals surface area contributed by atoms with Crippen LogP contribution in [0.1, 0.15) is 68.9 Å². The van der Waals surface area contributed by atoms with Gasteiger partial charge < -0.3 is 19.1 Å². The molecule has 2 aliphatic rings. The first-order chi connectivity index (χ1) is 18.3. The van der Waals surface area contributed by atoms with Gasteiger partial charge >= 0.3 is 12.1 Å². The number of fused-ring (bicyclic) bond motifs is 1. The summed E-state index contributed by atoms with van der Waals surface area (Å²) in [6.07, 6.45) is -1.96. The third kappa shape index (κ3) is 5.59. The number of hydrogen-bond acceptors (Lipinski definition) is 4. The Morgan fingerprint density at radius 3 is 2.44 bits per heavy atom. The number of carboxylic acid groups (broad SMARTS) is 1. The van der Waals surface area contributed by atoms with E-state index < -0.39 is 35.0 Å². The van der Waals surface area contributed by atoms with Crippen LogP contribution in [-0.4, -0.2) is 27.9 Å². The van der Waals surface area contributed by atoms with E-state index in [-0.39, 0.29) is 17.2 Å². The van der Waals surface area contributed by atoms with E-state index in [4.69, 9.17) is 9.47 Å². The maximum absolute atomic E-state index is 14.5. The number of carbonyl (C=O) groups is 1. The van der Waals surface area contributed by atoms with Gasteiger partial charge in [-0.15, -0.1) is 0 Å². The topological polar surface area (TPSA) is 77.8 Å². The second-order valence-electron chi connectivity index (χ2n) is 11.1. The number of carboxylic acids is 1. The number of halogens is 3. The minimum Gasteiger partial charge on any atom is -0.493 e. The van der Waals surface area contributed by atoms with Gasteiger partial charge in [-0.3, -0.25) is 4.79 Å². The quantitative estimate of drug-likeness (QED) is 0.371. The molecule has 1 N–H and O–H groups in total. The molecule has 1 fully saturated rings. The maximum Gasteiger partial charge on any atom is 0.416 e. The van der Waals surface area contributed by atoms with Crippen molar-refractivity contribution >= 4 is 5.97 Å². The Kier molecular flexibility index (Phi) is 6.83. The third-order valence-electron chi connectivity index (χ3n) is 6.90. The first-order valence-electron chi connectivity index (χ1n) is 13.0. The van der Waals surface area contributed by atoms with Crippen LogP contribution >= 0.6 is 0 Å². The number of pyridine rings is 1. The van der Waals surface area contributed by atoms with Gasteiger partial charge in [-0.05, 0) is 98.5 Å². The molecule has 1 unspecified atom stereocenters. The van der Waals surface area contributed by atoms with E-state index in [0.29, 0.717) is 35.5 Å². The number of nitrogens with zero attached hydrogens (tertiary/aromatic N) is 1. The largest absolute Gasteiger partial charge is 0.493 e. The monoisotopic (exact) mass is 541 g/mol. The molecule has 0 spiro atoms. The normalized spacial score (nSPS) is 16.4. The van der Waals surface area contributed by atoms with Gasteiger partial charge in [-0.25, -0.2) is 4.79 Å². The molecule has 1 aromatic heterocycles. The maximum atomic E-state index is 14.5. The van der Waals surface area contributed by atoms with Crippen molar-refractivity contribution < 1.29 is 32.5 Å². The Labute approximate surface area is 224 Å². The fraction of sp³-hybridized carbons (Fsp3) is 0.400. The summed E-state index contributed by atoms with van der Waals surface area (Å²) < 4.78 is 56.7. The van der Waals surface area contributed by atoms with Crippen LogP contribution in [0.3, 0.4) is 0 Å². The van der Waals surface area contributed by atoms with E-state index in [0.717, 1.165) is 30.9 Å². The molecule has 39 heavy (non-hydrogen) atoms. The predicted octanol–water partition coefficient (Wildman–Crippen LogP) is 6.80. The highest BCUT2D eigenvalue weighted by atomic mass is 19.4. The van der Waals surface area contributed by atoms with Crippen molar-refractivity contribution in [1.82, 2.24) is 4.57 Å². The van der Waals surface area contributed by atoms with E-state index in [1.165, 1.54) is 12.1 Å². The van der Waals surface area contributed by atoms with Crippen LogP contribution in [0.2, 0.25) is 0 Å². The smallest absolute Gasteiger partial charge is 0.416 e. The zero-order valence-electron chi connectivity index (χ0n) is 22.0. The Balaban J connectivity index is 1.86. The molecule has 9 heteroatoms. The molecule has 1 aliphatic carbocycles. The molecule has 6 nitrogen and oxygen atoms in total. The Hall–Kier alpha value is -3.59. The Bertz CT molecular complexity index is 1480. The summed E-state index contributed by atoms with van der Waals surface area (Å²) in [5.74, 6) is -0.874. The van der Waals surface area contributed by atoms with Crippen molar-refractivity contribution in [3.8, 4) is 28.0 Å². The number of rotatable bonds is 6. The van der Waals surface area contributed by atoms with E-state index in [9.17, 15) is 27.9 Å². The molecule has 2 heterocycles. The molecular formula is C30H30F3NO5. The number of benzene rings is 2. The zero-order valence-corrected chi connectivity index (χ0v) is 22.0. The summed E-state index contributed by atoms with van der Waals surface area (Å²) in [6, 6.07) is 10.4. The molecule has 0 amide bonds. The van der Waals surface area contributed by atoms with Crippen LogP contribution in [0.25, 0.3) is 22.3 Å². The number of aromatic nitrogens is 1. The Morgan fingerprint density at radius 1 is 1.08 bits per heavy atom. The summed E-state index contributed by atoms with van der Waals surface area (Å²) in [6.45, 7) is 5.35. The van der Waals surface area contributed by atoms with Gasteiger partial charge in [0.15, 0.2) is 6.10 Å². The van der Waals surface area contributed by atoms with Gasteiger partial charge in [0.2, 0.25) is 0 Å². The lowest BCUT2D eigenvalue weighted by atomic mass is 9.84. The van der Waals surface area contributed by atoms with Crippen molar-refractivity contribution in [2.75, 3.05) is 6.61 Å². The molecule has 0 radical (unpaired) electrons. The standard InChI is InChI=1S/C30H30F3NO5/c1-29(2,3)39-27(28(36)37)26-22(30(31,32)33)11-10-21(19-7-13-24(35)34(16-19)20-8-9-20)25(26)18-6-12-23-17(15-18)5-4-14-38-23/h6-7,10-13,15-16,20,27H,4-5,8-9,14H2,1-3H3,(H,36,37). The minimum absolute atomic E-state index is 0.0479. The van der Waals surface area contributed by atoms with Crippen molar-refractivity contribution in [3.63, 3.8) is 0 Å². The highest BCUT2D eigenvalue weighted by Crippen LogP contribution is 2.47. The van der Waals surface area contributed by atoms with E-state index in [1.54, 1.807) is 55.8 Å². The van der Waals surface area contributed by atoms with Crippen LogP contribution in [-0.2, 0) is 22.1 Å². The molecule has 5 rings (SSSR count). The fourth-order valence-corrected chi connectivity index (χ4v) is 5.09. The molecule has 0 saturated heterocycles.